The lowest BCUT2D eigenvalue weighted by Gasteiger charge is -2.45. The van der Waals surface area contributed by atoms with E-state index in [1.54, 1.807) is 12.1 Å². The Morgan fingerprint density at radius 2 is 1.70 bits per heavy atom. The minimum Gasteiger partial charge on any atom is -0.354 e. The van der Waals surface area contributed by atoms with E-state index in [2.05, 4.69) is 59.2 Å². The van der Waals surface area contributed by atoms with E-state index in [0.717, 1.165) is 17.6 Å². The van der Waals surface area contributed by atoms with Crippen LogP contribution < -0.4 is 10.6 Å². The van der Waals surface area contributed by atoms with Crippen LogP contribution in [-0.2, 0) is 4.79 Å². The van der Waals surface area contributed by atoms with Gasteiger partial charge < -0.3 is 10.6 Å². The number of piperidine rings is 1. The Morgan fingerprint density at radius 3 is 2.30 bits per heavy atom. The zero-order valence-corrected chi connectivity index (χ0v) is 18.4. The molecule has 1 fully saturated rings. The van der Waals surface area contributed by atoms with Crippen molar-refractivity contribution in [2.45, 2.75) is 46.1 Å². The summed E-state index contributed by atoms with van der Waals surface area (Å²) in [6.45, 7) is 12.1. The number of hydrogen-bond acceptors (Lipinski definition) is 3. The van der Waals surface area contributed by atoms with Crippen LogP contribution in [0.4, 0.5) is 0 Å². The predicted molar refractivity (Wildman–Crippen MR) is 113 cm³/mol. The molecule has 1 aliphatic heterocycles. The van der Waals surface area contributed by atoms with E-state index in [1.807, 2.05) is 12.1 Å². The highest BCUT2D eigenvalue weighted by atomic mass is 79.9. The summed E-state index contributed by atoms with van der Waals surface area (Å²) in [5.41, 5.74) is 0.521. The Hall–Kier alpha value is -1.40. The largest absolute Gasteiger partial charge is 0.354 e. The molecule has 1 aliphatic rings. The van der Waals surface area contributed by atoms with Crippen LogP contribution in [0.25, 0.3) is 0 Å². The number of carbonyl (C=O) groups excluding carboxylic acids is 2. The molecule has 0 bridgehead atoms. The van der Waals surface area contributed by atoms with Gasteiger partial charge in [0.05, 0.1) is 0 Å². The van der Waals surface area contributed by atoms with Crippen LogP contribution in [0.3, 0.4) is 0 Å². The summed E-state index contributed by atoms with van der Waals surface area (Å²) in [5, 5.41) is 5.83. The Balaban J connectivity index is 1.72. The number of carbonyl (C=O) groups is 2. The number of halogens is 1. The van der Waals surface area contributed by atoms with Gasteiger partial charge in [-0.15, -0.1) is 0 Å². The van der Waals surface area contributed by atoms with Gasteiger partial charge in [-0.3, -0.25) is 14.5 Å². The van der Waals surface area contributed by atoms with Crippen LogP contribution in [-0.4, -0.2) is 48.4 Å². The Kier molecular flexibility index (Phi) is 7.86. The maximum Gasteiger partial charge on any atom is 0.251 e. The fourth-order valence-electron chi connectivity index (χ4n) is 3.67. The Labute approximate surface area is 171 Å². The molecule has 1 aromatic rings. The number of amides is 2. The normalized spacial score (nSPS) is 20.9. The van der Waals surface area contributed by atoms with Crippen LogP contribution in [0.5, 0.6) is 0 Å². The van der Waals surface area contributed by atoms with Crippen LogP contribution in [0.2, 0.25) is 0 Å². The molecule has 2 amide bonds. The topological polar surface area (TPSA) is 61.4 Å². The molecule has 1 aromatic carbocycles. The van der Waals surface area contributed by atoms with Gasteiger partial charge in [0.1, 0.15) is 0 Å². The first-order valence-electron chi connectivity index (χ1n) is 9.73. The second-order valence-electron chi connectivity index (χ2n) is 8.45. The zero-order valence-electron chi connectivity index (χ0n) is 16.8. The molecule has 1 saturated heterocycles. The van der Waals surface area contributed by atoms with Crippen molar-refractivity contribution in [2.24, 2.45) is 11.8 Å². The molecule has 0 unspecified atom stereocenters. The van der Waals surface area contributed by atoms with Crippen LogP contribution in [0, 0.1) is 11.8 Å². The first-order chi connectivity index (χ1) is 12.7. The van der Waals surface area contributed by atoms with E-state index < -0.39 is 0 Å². The standard InChI is InChI=1S/C21H32BrN3O2/c1-15-11-16(2)13-25(12-15)21(3,4)14-24-19(26)9-10-23-20(27)17-5-7-18(22)8-6-17/h5-8,15-16H,9-14H2,1-4H3,(H,23,27)(H,24,26)/t15-,16-/m0/s1. The van der Waals surface area contributed by atoms with Crippen molar-refractivity contribution < 1.29 is 9.59 Å². The second kappa shape index (κ2) is 9.69. The van der Waals surface area contributed by atoms with Crippen molar-refractivity contribution in [3.05, 3.63) is 34.3 Å². The lowest BCUT2D eigenvalue weighted by Crippen LogP contribution is -2.56. The molecule has 1 heterocycles. The Bertz CT molecular complexity index is 635. The summed E-state index contributed by atoms with van der Waals surface area (Å²) in [4.78, 5) is 26.7. The van der Waals surface area contributed by atoms with Crippen LogP contribution >= 0.6 is 15.9 Å². The average Bonchev–Trinajstić information content (AvgIpc) is 2.60. The van der Waals surface area contributed by atoms with Gasteiger partial charge in [0, 0.05) is 48.2 Å². The molecule has 5 nitrogen and oxygen atoms in total. The first-order valence-corrected chi connectivity index (χ1v) is 10.5. The molecule has 150 valence electrons. The van der Waals surface area contributed by atoms with Gasteiger partial charge in [0.15, 0.2) is 0 Å². The maximum absolute atomic E-state index is 12.2. The summed E-state index contributed by atoms with van der Waals surface area (Å²) >= 11 is 3.35. The number of hydrogen-bond donors (Lipinski definition) is 2. The van der Waals surface area contributed by atoms with Gasteiger partial charge in [-0.25, -0.2) is 0 Å². The monoisotopic (exact) mass is 437 g/mol. The van der Waals surface area contributed by atoms with Crippen molar-refractivity contribution in [1.29, 1.82) is 0 Å². The average molecular weight is 438 g/mol. The molecule has 2 N–H and O–H groups in total. The number of nitrogens with zero attached hydrogens (tertiary/aromatic N) is 1. The first kappa shape index (κ1) is 21.9. The molecular weight excluding hydrogens is 406 g/mol. The molecule has 0 saturated carbocycles. The molecule has 0 aliphatic carbocycles. The predicted octanol–water partition coefficient (Wildman–Crippen LogP) is 3.44. The third kappa shape index (κ3) is 6.92. The number of benzene rings is 1. The Morgan fingerprint density at radius 1 is 1.11 bits per heavy atom. The van der Waals surface area contributed by atoms with Crippen molar-refractivity contribution in [3.63, 3.8) is 0 Å². The minimum absolute atomic E-state index is 0.0303. The van der Waals surface area contributed by atoms with Crippen molar-refractivity contribution in [3.8, 4) is 0 Å². The van der Waals surface area contributed by atoms with E-state index in [1.165, 1.54) is 6.42 Å². The highest BCUT2D eigenvalue weighted by molar-refractivity contribution is 9.10. The quantitative estimate of drug-likeness (QED) is 0.686. The summed E-state index contributed by atoms with van der Waals surface area (Å²) in [6, 6.07) is 7.16. The van der Waals surface area contributed by atoms with Gasteiger partial charge in [-0.05, 0) is 56.4 Å². The van der Waals surface area contributed by atoms with Crippen molar-refractivity contribution >= 4 is 27.7 Å². The molecule has 27 heavy (non-hydrogen) atoms. The van der Waals surface area contributed by atoms with E-state index in [4.69, 9.17) is 0 Å². The molecule has 6 heteroatoms. The van der Waals surface area contributed by atoms with Gasteiger partial charge in [0.25, 0.3) is 5.91 Å². The fourth-order valence-corrected chi connectivity index (χ4v) is 3.93. The lowest BCUT2D eigenvalue weighted by molar-refractivity contribution is -0.121. The molecular formula is C21H32BrN3O2. The van der Waals surface area contributed by atoms with Gasteiger partial charge in [-0.1, -0.05) is 29.8 Å². The van der Waals surface area contributed by atoms with Crippen molar-refractivity contribution in [2.75, 3.05) is 26.2 Å². The third-order valence-corrected chi connectivity index (χ3v) is 5.72. The maximum atomic E-state index is 12.2. The fraction of sp³-hybridized carbons (Fsp3) is 0.619. The van der Waals surface area contributed by atoms with Gasteiger partial charge in [0.2, 0.25) is 5.91 Å². The number of likely N-dealkylation sites (tertiary alicyclic amines) is 1. The summed E-state index contributed by atoms with van der Waals surface area (Å²) in [5.74, 6) is 1.19. The number of rotatable bonds is 7. The van der Waals surface area contributed by atoms with Gasteiger partial charge >= 0.3 is 0 Å². The molecule has 0 radical (unpaired) electrons. The highest BCUT2D eigenvalue weighted by Gasteiger charge is 2.32. The smallest absolute Gasteiger partial charge is 0.251 e. The lowest BCUT2D eigenvalue weighted by atomic mass is 9.88. The highest BCUT2D eigenvalue weighted by Crippen LogP contribution is 2.26. The van der Waals surface area contributed by atoms with E-state index >= 15 is 0 Å². The third-order valence-electron chi connectivity index (χ3n) is 5.19. The van der Waals surface area contributed by atoms with Crippen LogP contribution in [0.15, 0.2) is 28.7 Å². The zero-order chi connectivity index (χ0) is 20.0. The SMILES string of the molecule is C[C@H]1C[C@H](C)CN(C(C)(C)CNC(=O)CCNC(=O)c2ccc(Br)cc2)C1. The van der Waals surface area contributed by atoms with Crippen molar-refractivity contribution in [1.82, 2.24) is 15.5 Å². The molecule has 0 spiro atoms. The molecule has 2 rings (SSSR count). The number of nitrogens with one attached hydrogen (secondary N) is 2. The molecule has 2 atom stereocenters. The summed E-state index contributed by atoms with van der Waals surface area (Å²) in [7, 11) is 0. The van der Waals surface area contributed by atoms with Gasteiger partial charge in [-0.2, -0.15) is 0 Å². The minimum atomic E-state index is -0.160. The molecule has 0 aromatic heterocycles. The van der Waals surface area contributed by atoms with E-state index in [0.29, 0.717) is 30.5 Å². The summed E-state index contributed by atoms with van der Waals surface area (Å²) in [6.07, 6.45) is 1.56. The van der Waals surface area contributed by atoms with Crippen LogP contribution in [0.1, 0.15) is 50.9 Å². The second-order valence-corrected chi connectivity index (χ2v) is 9.37. The van der Waals surface area contributed by atoms with E-state index in [9.17, 15) is 9.59 Å². The summed E-state index contributed by atoms with van der Waals surface area (Å²) < 4.78 is 0.929. The van der Waals surface area contributed by atoms with E-state index in [-0.39, 0.29) is 23.8 Å².